The maximum absolute atomic E-state index is 12.4. The highest BCUT2D eigenvalue weighted by atomic mass is 19.4. The largest absolute Gasteiger partial charge is 0.486 e. The second-order valence-corrected chi connectivity index (χ2v) is 4.26. The Bertz CT molecular complexity index is 546. The number of ether oxygens (including phenoxy) is 1. The summed E-state index contributed by atoms with van der Waals surface area (Å²) in [5.74, 6) is 0.986. The van der Waals surface area contributed by atoms with Crippen molar-refractivity contribution in [3.63, 3.8) is 0 Å². The molecule has 0 spiro atoms. The standard InChI is InChI=1S/C14H14F3NO2/c1-18-7-10-6-13(19-8-10)9-20-12-4-2-11(3-5-12)14(15,16)17/h2-6,8,18H,7,9H2,1H3. The summed E-state index contributed by atoms with van der Waals surface area (Å²) in [6, 6.07) is 6.40. The smallest absolute Gasteiger partial charge is 0.416 e. The van der Waals surface area contributed by atoms with E-state index in [-0.39, 0.29) is 6.61 Å². The molecule has 0 unspecified atom stereocenters. The van der Waals surface area contributed by atoms with Gasteiger partial charge in [0.15, 0.2) is 0 Å². The summed E-state index contributed by atoms with van der Waals surface area (Å²) < 4.78 is 47.8. The van der Waals surface area contributed by atoms with Crippen molar-refractivity contribution in [3.05, 3.63) is 53.5 Å². The van der Waals surface area contributed by atoms with Gasteiger partial charge in [0.2, 0.25) is 0 Å². The normalized spacial score (nSPS) is 11.6. The zero-order valence-electron chi connectivity index (χ0n) is 10.8. The van der Waals surface area contributed by atoms with E-state index in [0.29, 0.717) is 18.1 Å². The minimum atomic E-state index is -4.33. The van der Waals surface area contributed by atoms with Gasteiger partial charge in [-0.3, -0.25) is 0 Å². The molecule has 0 atom stereocenters. The maximum Gasteiger partial charge on any atom is 0.416 e. The highest BCUT2D eigenvalue weighted by Crippen LogP contribution is 2.30. The molecular formula is C14H14F3NO2. The van der Waals surface area contributed by atoms with E-state index in [9.17, 15) is 13.2 Å². The summed E-state index contributed by atoms with van der Waals surface area (Å²) in [5.41, 5.74) is 0.290. The fraction of sp³-hybridized carbons (Fsp3) is 0.286. The Morgan fingerprint density at radius 2 is 1.90 bits per heavy atom. The van der Waals surface area contributed by atoms with Crippen LogP contribution < -0.4 is 10.1 Å². The third kappa shape index (κ3) is 3.77. The monoisotopic (exact) mass is 285 g/mol. The van der Waals surface area contributed by atoms with Crippen LogP contribution in [-0.2, 0) is 19.3 Å². The number of hydrogen-bond acceptors (Lipinski definition) is 3. The predicted octanol–water partition coefficient (Wildman–Crippen LogP) is 3.60. The lowest BCUT2D eigenvalue weighted by Crippen LogP contribution is -2.04. The van der Waals surface area contributed by atoms with Crippen molar-refractivity contribution in [2.75, 3.05) is 7.05 Å². The lowest BCUT2D eigenvalue weighted by Gasteiger charge is -2.08. The summed E-state index contributed by atoms with van der Waals surface area (Å²) in [6.45, 7) is 0.860. The highest BCUT2D eigenvalue weighted by molar-refractivity contribution is 5.29. The molecule has 6 heteroatoms. The molecule has 0 saturated carbocycles. The number of benzene rings is 1. The first-order valence-corrected chi connectivity index (χ1v) is 6.00. The van der Waals surface area contributed by atoms with Crippen LogP contribution in [0.3, 0.4) is 0 Å². The number of furan rings is 1. The van der Waals surface area contributed by atoms with Gasteiger partial charge in [0.1, 0.15) is 18.1 Å². The van der Waals surface area contributed by atoms with Crippen molar-refractivity contribution < 1.29 is 22.3 Å². The van der Waals surface area contributed by atoms with Crippen molar-refractivity contribution in [1.29, 1.82) is 0 Å². The first-order valence-electron chi connectivity index (χ1n) is 6.00. The van der Waals surface area contributed by atoms with E-state index >= 15 is 0 Å². The molecule has 1 heterocycles. The Labute approximate surface area is 114 Å². The van der Waals surface area contributed by atoms with Crippen molar-refractivity contribution in [3.8, 4) is 5.75 Å². The number of rotatable bonds is 5. The van der Waals surface area contributed by atoms with Crippen molar-refractivity contribution in [1.82, 2.24) is 5.32 Å². The van der Waals surface area contributed by atoms with E-state index in [1.807, 2.05) is 13.1 Å². The minimum Gasteiger partial charge on any atom is -0.486 e. The van der Waals surface area contributed by atoms with Crippen LogP contribution in [-0.4, -0.2) is 7.05 Å². The van der Waals surface area contributed by atoms with Crippen LogP contribution in [0.4, 0.5) is 13.2 Å². The van der Waals surface area contributed by atoms with E-state index in [1.165, 1.54) is 12.1 Å². The van der Waals surface area contributed by atoms with Crippen LogP contribution in [0.2, 0.25) is 0 Å². The molecule has 3 nitrogen and oxygen atoms in total. The zero-order chi connectivity index (χ0) is 14.6. The fourth-order valence-corrected chi connectivity index (χ4v) is 1.69. The summed E-state index contributed by atoms with van der Waals surface area (Å²) in [7, 11) is 1.82. The van der Waals surface area contributed by atoms with Gasteiger partial charge in [0.05, 0.1) is 11.8 Å². The molecule has 108 valence electrons. The Balaban J connectivity index is 1.93. The molecule has 0 fully saturated rings. The molecule has 1 N–H and O–H groups in total. The van der Waals surface area contributed by atoms with E-state index in [0.717, 1.165) is 17.7 Å². The molecule has 0 aliphatic heterocycles. The van der Waals surface area contributed by atoms with E-state index in [4.69, 9.17) is 9.15 Å². The Hall–Kier alpha value is -1.95. The van der Waals surface area contributed by atoms with Crippen LogP contribution >= 0.6 is 0 Å². The molecule has 2 rings (SSSR count). The first-order chi connectivity index (χ1) is 9.49. The molecular weight excluding hydrogens is 271 g/mol. The zero-order valence-corrected chi connectivity index (χ0v) is 10.8. The molecule has 0 bridgehead atoms. The van der Waals surface area contributed by atoms with Gasteiger partial charge in [-0.2, -0.15) is 13.2 Å². The van der Waals surface area contributed by atoms with Crippen molar-refractivity contribution in [2.24, 2.45) is 0 Å². The topological polar surface area (TPSA) is 34.4 Å². The predicted molar refractivity (Wildman–Crippen MR) is 67.2 cm³/mol. The van der Waals surface area contributed by atoms with Gasteiger partial charge < -0.3 is 14.5 Å². The Kier molecular flexibility index (Phi) is 4.34. The summed E-state index contributed by atoms with van der Waals surface area (Å²) >= 11 is 0. The van der Waals surface area contributed by atoms with E-state index in [1.54, 1.807) is 6.26 Å². The third-order valence-corrected chi connectivity index (χ3v) is 2.65. The quantitative estimate of drug-likeness (QED) is 0.911. The van der Waals surface area contributed by atoms with Gasteiger partial charge in [-0.05, 0) is 37.4 Å². The van der Waals surface area contributed by atoms with Crippen LogP contribution in [0.25, 0.3) is 0 Å². The SMILES string of the molecule is CNCc1coc(COc2ccc(C(F)(F)F)cc2)c1. The molecule has 20 heavy (non-hydrogen) atoms. The molecule has 0 radical (unpaired) electrons. The number of halogens is 3. The molecule has 0 aliphatic carbocycles. The van der Waals surface area contributed by atoms with Crippen LogP contribution in [0.1, 0.15) is 16.9 Å². The summed E-state index contributed by atoms with van der Waals surface area (Å²) in [6.07, 6.45) is -2.72. The molecule has 1 aromatic heterocycles. The van der Waals surface area contributed by atoms with Gasteiger partial charge in [0, 0.05) is 12.1 Å². The van der Waals surface area contributed by atoms with Gasteiger partial charge in [-0.25, -0.2) is 0 Å². The van der Waals surface area contributed by atoms with Crippen LogP contribution in [0.15, 0.2) is 41.0 Å². The second kappa shape index (κ2) is 6.00. The fourth-order valence-electron chi connectivity index (χ4n) is 1.69. The van der Waals surface area contributed by atoms with Gasteiger partial charge in [-0.1, -0.05) is 0 Å². The molecule has 0 saturated heterocycles. The van der Waals surface area contributed by atoms with Gasteiger partial charge in [-0.15, -0.1) is 0 Å². The third-order valence-electron chi connectivity index (χ3n) is 2.65. The number of nitrogens with one attached hydrogen (secondary N) is 1. The molecule has 1 aromatic carbocycles. The lowest BCUT2D eigenvalue weighted by molar-refractivity contribution is -0.137. The summed E-state index contributed by atoms with van der Waals surface area (Å²) in [5, 5.41) is 2.98. The van der Waals surface area contributed by atoms with E-state index in [2.05, 4.69) is 5.32 Å². The molecule has 2 aromatic rings. The Morgan fingerprint density at radius 3 is 2.50 bits per heavy atom. The lowest BCUT2D eigenvalue weighted by atomic mass is 10.2. The number of hydrogen-bond donors (Lipinski definition) is 1. The van der Waals surface area contributed by atoms with Gasteiger partial charge >= 0.3 is 6.18 Å². The second-order valence-electron chi connectivity index (χ2n) is 4.26. The average Bonchev–Trinajstić information content (AvgIpc) is 2.84. The summed E-state index contributed by atoms with van der Waals surface area (Å²) in [4.78, 5) is 0. The number of alkyl halides is 3. The van der Waals surface area contributed by atoms with E-state index < -0.39 is 11.7 Å². The minimum absolute atomic E-state index is 0.176. The van der Waals surface area contributed by atoms with Crippen LogP contribution in [0.5, 0.6) is 5.75 Å². The van der Waals surface area contributed by atoms with Gasteiger partial charge in [0.25, 0.3) is 0 Å². The highest BCUT2D eigenvalue weighted by Gasteiger charge is 2.29. The van der Waals surface area contributed by atoms with Crippen molar-refractivity contribution >= 4 is 0 Å². The average molecular weight is 285 g/mol. The van der Waals surface area contributed by atoms with Crippen LogP contribution in [0, 0.1) is 0 Å². The van der Waals surface area contributed by atoms with Crippen molar-refractivity contribution in [2.45, 2.75) is 19.3 Å². The molecule has 0 aliphatic rings. The Morgan fingerprint density at radius 1 is 1.20 bits per heavy atom. The first kappa shape index (κ1) is 14.5. The molecule has 0 amide bonds. The maximum atomic E-state index is 12.4.